The van der Waals surface area contributed by atoms with Crippen molar-refractivity contribution < 1.29 is 0 Å². The summed E-state index contributed by atoms with van der Waals surface area (Å²) in [4.78, 5) is 1.37. The Morgan fingerprint density at radius 1 is 1.50 bits per heavy atom. The smallest absolute Gasteiger partial charge is 0.0573 e. The van der Waals surface area contributed by atoms with Crippen LogP contribution in [0.5, 0.6) is 0 Å². The highest BCUT2D eigenvalue weighted by atomic mass is 32.2. The molecule has 0 spiro atoms. The van der Waals surface area contributed by atoms with Gasteiger partial charge in [-0.3, -0.25) is 0 Å². The third kappa shape index (κ3) is 1.06. The standard InChI is InChI=1S/C6H8S2/c1-4-3-6(7)8-5(4)2/h3,7H,1-2H3. The van der Waals surface area contributed by atoms with E-state index in [2.05, 4.69) is 32.5 Å². The molecule has 0 amide bonds. The van der Waals surface area contributed by atoms with E-state index in [0.29, 0.717) is 0 Å². The van der Waals surface area contributed by atoms with E-state index in [4.69, 9.17) is 0 Å². The van der Waals surface area contributed by atoms with Crippen LogP contribution in [0, 0.1) is 13.8 Å². The Labute approximate surface area is 59.0 Å². The molecule has 44 valence electrons. The first-order valence-electron chi connectivity index (χ1n) is 2.46. The second-order valence-electron chi connectivity index (χ2n) is 1.82. The minimum Gasteiger partial charge on any atom is -0.134 e. The second-order valence-corrected chi connectivity index (χ2v) is 3.86. The predicted octanol–water partition coefficient (Wildman–Crippen LogP) is 2.65. The van der Waals surface area contributed by atoms with Crippen LogP contribution in [-0.2, 0) is 0 Å². The van der Waals surface area contributed by atoms with E-state index in [1.807, 2.05) is 0 Å². The third-order valence-electron chi connectivity index (χ3n) is 1.15. The fourth-order valence-electron chi connectivity index (χ4n) is 0.554. The van der Waals surface area contributed by atoms with Crippen molar-refractivity contribution in [2.45, 2.75) is 18.1 Å². The number of thiol groups is 1. The summed E-state index contributed by atoms with van der Waals surface area (Å²) in [6, 6.07) is 2.09. The Bertz CT molecular complexity index is 169. The van der Waals surface area contributed by atoms with Crippen molar-refractivity contribution in [3.05, 3.63) is 16.5 Å². The molecule has 0 aliphatic carbocycles. The molecule has 0 N–H and O–H groups in total. The van der Waals surface area contributed by atoms with Crippen LogP contribution < -0.4 is 0 Å². The van der Waals surface area contributed by atoms with Crippen molar-refractivity contribution in [1.82, 2.24) is 0 Å². The summed E-state index contributed by atoms with van der Waals surface area (Å²) in [5, 5.41) is 0. The molecular formula is C6H8S2. The zero-order valence-electron chi connectivity index (χ0n) is 4.93. The molecule has 0 aliphatic rings. The lowest BCUT2D eigenvalue weighted by Gasteiger charge is -1.79. The molecule has 0 radical (unpaired) electrons. The zero-order chi connectivity index (χ0) is 6.15. The molecule has 0 aliphatic heterocycles. The summed E-state index contributed by atoms with van der Waals surface area (Å²) in [6.07, 6.45) is 0. The fraction of sp³-hybridized carbons (Fsp3) is 0.333. The Kier molecular flexibility index (Phi) is 1.63. The lowest BCUT2D eigenvalue weighted by molar-refractivity contribution is 1.43. The molecule has 0 atom stereocenters. The van der Waals surface area contributed by atoms with Gasteiger partial charge >= 0.3 is 0 Å². The Hall–Kier alpha value is 0.0500. The molecule has 8 heavy (non-hydrogen) atoms. The fourth-order valence-corrected chi connectivity index (χ4v) is 1.93. The molecule has 0 saturated heterocycles. The molecule has 2 heteroatoms. The summed E-state index contributed by atoms with van der Waals surface area (Å²) in [5.41, 5.74) is 1.35. The minimum absolute atomic E-state index is 1.11. The predicted molar refractivity (Wildman–Crippen MR) is 41.0 cm³/mol. The van der Waals surface area contributed by atoms with Crippen LogP contribution in [-0.4, -0.2) is 0 Å². The minimum atomic E-state index is 1.11. The van der Waals surface area contributed by atoms with Gasteiger partial charge in [-0.1, -0.05) is 0 Å². The molecule has 0 aromatic carbocycles. The molecule has 1 aromatic rings. The molecule has 1 heterocycles. The SMILES string of the molecule is Cc1cc(S)sc1C. The number of hydrogen-bond donors (Lipinski definition) is 1. The monoisotopic (exact) mass is 144 g/mol. The first-order valence-corrected chi connectivity index (χ1v) is 3.72. The highest BCUT2D eigenvalue weighted by Gasteiger charge is 1.94. The van der Waals surface area contributed by atoms with Crippen LogP contribution in [0.4, 0.5) is 0 Å². The van der Waals surface area contributed by atoms with Gasteiger partial charge in [0.05, 0.1) is 4.21 Å². The van der Waals surface area contributed by atoms with Crippen molar-refractivity contribution in [3.8, 4) is 0 Å². The van der Waals surface area contributed by atoms with E-state index in [1.54, 1.807) is 11.3 Å². The number of hydrogen-bond acceptors (Lipinski definition) is 2. The Morgan fingerprint density at radius 2 is 2.12 bits per heavy atom. The summed E-state index contributed by atoms with van der Waals surface area (Å²) in [6.45, 7) is 4.21. The van der Waals surface area contributed by atoms with E-state index in [-0.39, 0.29) is 0 Å². The molecular weight excluding hydrogens is 136 g/mol. The molecule has 0 fully saturated rings. The molecule has 0 bridgehead atoms. The van der Waals surface area contributed by atoms with Gasteiger partial charge in [0.15, 0.2) is 0 Å². The van der Waals surface area contributed by atoms with E-state index in [1.165, 1.54) is 10.4 Å². The summed E-state index contributed by atoms with van der Waals surface area (Å²) < 4.78 is 1.11. The first-order chi connectivity index (χ1) is 3.70. The number of thiophene rings is 1. The van der Waals surface area contributed by atoms with Crippen molar-refractivity contribution in [2.75, 3.05) is 0 Å². The van der Waals surface area contributed by atoms with Crippen molar-refractivity contribution in [3.63, 3.8) is 0 Å². The maximum Gasteiger partial charge on any atom is 0.0573 e. The maximum atomic E-state index is 4.19. The molecule has 0 saturated carbocycles. The normalized spacial score (nSPS) is 9.88. The molecule has 1 aromatic heterocycles. The summed E-state index contributed by atoms with van der Waals surface area (Å²) >= 11 is 5.93. The van der Waals surface area contributed by atoms with E-state index >= 15 is 0 Å². The number of aryl methyl sites for hydroxylation is 2. The highest BCUT2D eigenvalue weighted by molar-refractivity contribution is 7.82. The van der Waals surface area contributed by atoms with Gasteiger partial charge in [0, 0.05) is 4.88 Å². The van der Waals surface area contributed by atoms with Crippen LogP contribution in [0.3, 0.4) is 0 Å². The van der Waals surface area contributed by atoms with E-state index < -0.39 is 0 Å². The Morgan fingerprint density at radius 3 is 2.25 bits per heavy atom. The van der Waals surface area contributed by atoms with Gasteiger partial charge in [-0.25, -0.2) is 0 Å². The van der Waals surface area contributed by atoms with Crippen molar-refractivity contribution in [2.24, 2.45) is 0 Å². The molecule has 1 rings (SSSR count). The lowest BCUT2D eigenvalue weighted by Crippen LogP contribution is -1.61. The third-order valence-corrected chi connectivity index (χ3v) is 2.51. The van der Waals surface area contributed by atoms with Gasteiger partial charge in [0.1, 0.15) is 0 Å². The van der Waals surface area contributed by atoms with Gasteiger partial charge in [0.2, 0.25) is 0 Å². The Balaban J connectivity index is 3.14. The maximum absolute atomic E-state index is 4.19. The van der Waals surface area contributed by atoms with Crippen molar-refractivity contribution >= 4 is 24.0 Å². The number of rotatable bonds is 0. The largest absolute Gasteiger partial charge is 0.134 e. The van der Waals surface area contributed by atoms with Crippen LogP contribution in [0.2, 0.25) is 0 Å². The average molecular weight is 144 g/mol. The summed E-state index contributed by atoms with van der Waals surface area (Å²) in [5.74, 6) is 0. The molecule has 0 unspecified atom stereocenters. The molecule has 0 nitrogen and oxygen atoms in total. The zero-order valence-corrected chi connectivity index (χ0v) is 6.64. The van der Waals surface area contributed by atoms with Gasteiger partial charge in [-0.05, 0) is 25.5 Å². The van der Waals surface area contributed by atoms with E-state index in [0.717, 1.165) is 4.21 Å². The van der Waals surface area contributed by atoms with Crippen LogP contribution in [0.25, 0.3) is 0 Å². The van der Waals surface area contributed by atoms with Crippen LogP contribution in [0.15, 0.2) is 10.3 Å². The first kappa shape index (κ1) is 6.17. The summed E-state index contributed by atoms with van der Waals surface area (Å²) in [7, 11) is 0. The van der Waals surface area contributed by atoms with Crippen LogP contribution >= 0.6 is 24.0 Å². The highest BCUT2D eigenvalue weighted by Crippen LogP contribution is 2.22. The quantitative estimate of drug-likeness (QED) is 0.532. The van der Waals surface area contributed by atoms with Gasteiger partial charge in [0.25, 0.3) is 0 Å². The van der Waals surface area contributed by atoms with Crippen molar-refractivity contribution in [1.29, 1.82) is 0 Å². The topological polar surface area (TPSA) is 0 Å². The lowest BCUT2D eigenvalue weighted by atomic mass is 10.3. The van der Waals surface area contributed by atoms with Gasteiger partial charge < -0.3 is 0 Å². The van der Waals surface area contributed by atoms with E-state index in [9.17, 15) is 0 Å². The van der Waals surface area contributed by atoms with Gasteiger partial charge in [-0.15, -0.1) is 24.0 Å². The average Bonchev–Trinajstić information content (AvgIpc) is 1.85. The van der Waals surface area contributed by atoms with Gasteiger partial charge in [-0.2, -0.15) is 0 Å². The second kappa shape index (κ2) is 2.11. The van der Waals surface area contributed by atoms with Crippen LogP contribution in [0.1, 0.15) is 10.4 Å².